The lowest BCUT2D eigenvalue weighted by molar-refractivity contribution is -0.122. The monoisotopic (exact) mass is 374 g/mol. The third kappa shape index (κ3) is 2.25. The molecule has 0 radical (unpaired) electrons. The van der Waals surface area contributed by atoms with Gasteiger partial charge in [-0.2, -0.15) is 9.40 Å². The van der Waals surface area contributed by atoms with Crippen LogP contribution in [0.5, 0.6) is 0 Å². The fourth-order valence-corrected chi connectivity index (χ4v) is 6.19. The van der Waals surface area contributed by atoms with Gasteiger partial charge in [0.15, 0.2) is 0 Å². The van der Waals surface area contributed by atoms with Gasteiger partial charge in [0.1, 0.15) is 4.90 Å². The molecule has 2 aromatic rings. The lowest BCUT2D eigenvalue weighted by Crippen LogP contribution is -2.51. The molecule has 26 heavy (non-hydrogen) atoms. The van der Waals surface area contributed by atoms with Gasteiger partial charge in [0.05, 0.1) is 16.8 Å². The number of rotatable bonds is 2. The van der Waals surface area contributed by atoms with Gasteiger partial charge in [-0.25, -0.2) is 8.42 Å². The smallest absolute Gasteiger partial charge is 0.246 e. The number of anilines is 1. The van der Waals surface area contributed by atoms with Crippen molar-refractivity contribution in [3.63, 3.8) is 0 Å². The fourth-order valence-electron chi connectivity index (χ4n) is 4.26. The first-order chi connectivity index (χ1) is 12.3. The molecule has 0 aliphatic carbocycles. The van der Waals surface area contributed by atoms with Crippen molar-refractivity contribution >= 4 is 21.6 Å². The number of hydrogen-bond acceptors (Lipinski definition) is 4. The van der Waals surface area contributed by atoms with Crippen LogP contribution in [0.3, 0.4) is 0 Å². The Balaban J connectivity index is 1.77. The highest BCUT2D eigenvalue weighted by Gasteiger charge is 2.51. The van der Waals surface area contributed by atoms with Gasteiger partial charge in [0.25, 0.3) is 0 Å². The number of hydrogen-bond donors (Lipinski definition) is 1. The van der Waals surface area contributed by atoms with Crippen LogP contribution in [0.4, 0.5) is 5.69 Å². The maximum absolute atomic E-state index is 13.3. The highest BCUT2D eigenvalue weighted by Crippen LogP contribution is 2.44. The van der Waals surface area contributed by atoms with E-state index in [1.807, 2.05) is 24.3 Å². The van der Waals surface area contributed by atoms with Crippen molar-refractivity contribution in [3.8, 4) is 0 Å². The van der Waals surface area contributed by atoms with E-state index in [0.29, 0.717) is 30.8 Å². The number of nitrogens with zero attached hydrogens (tertiary/aromatic N) is 3. The van der Waals surface area contributed by atoms with Crippen LogP contribution in [-0.4, -0.2) is 41.5 Å². The normalized spacial score (nSPS) is 23.3. The molecule has 0 bridgehead atoms. The molecule has 2 aliphatic rings. The van der Waals surface area contributed by atoms with Crippen LogP contribution in [0.15, 0.2) is 29.2 Å². The van der Waals surface area contributed by atoms with E-state index in [-0.39, 0.29) is 17.3 Å². The Kier molecular flexibility index (Phi) is 3.75. The zero-order chi connectivity index (χ0) is 18.7. The van der Waals surface area contributed by atoms with Crippen LogP contribution in [0, 0.1) is 13.8 Å². The summed E-state index contributed by atoms with van der Waals surface area (Å²) in [6.45, 7) is 4.03. The number of fused-ring (bicyclic) bond motifs is 2. The van der Waals surface area contributed by atoms with E-state index in [4.69, 9.17) is 0 Å². The standard InChI is InChI=1S/C18H22N4O3S/c1-12-16(13(2)21(3)20-12)26(24,25)22-10-6-9-18(11-22)14-7-4-5-8-15(14)19-17(18)23/h4-5,7-8H,6,9-11H2,1-3H3,(H,19,23)/t18-/m1/s1. The Morgan fingerprint density at radius 1 is 1.23 bits per heavy atom. The van der Waals surface area contributed by atoms with Crippen molar-refractivity contribution in [1.82, 2.24) is 14.1 Å². The Morgan fingerprint density at radius 3 is 2.65 bits per heavy atom. The van der Waals surface area contributed by atoms with Gasteiger partial charge in [-0.05, 0) is 38.3 Å². The largest absolute Gasteiger partial charge is 0.325 e. The summed E-state index contributed by atoms with van der Waals surface area (Å²) >= 11 is 0. The molecule has 1 atom stereocenters. The average molecular weight is 374 g/mol. The van der Waals surface area contributed by atoms with Crippen LogP contribution in [0.2, 0.25) is 0 Å². The summed E-state index contributed by atoms with van der Waals surface area (Å²) in [5, 5.41) is 7.16. The number of carbonyl (C=O) groups is 1. The molecule has 1 fully saturated rings. The number of carbonyl (C=O) groups excluding carboxylic acids is 1. The highest BCUT2D eigenvalue weighted by molar-refractivity contribution is 7.89. The molecule has 138 valence electrons. The van der Waals surface area contributed by atoms with E-state index in [1.54, 1.807) is 25.6 Å². The molecule has 1 aromatic carbocycles. The molecule has 1 saturated heterocycles. The van der Waals surface area contributed by atoms with E-state index < -0.39 is 15.4 Å². The molecule has 3 heterocycles. The molecule has 1 aromatic heterocycles. The van der Waals surface area contributed by atoms with Crippen LogP contribution in [-0.2, 0) is 27.3 Å². The Morgan fingerprint density at radius 2 is 1.96 bits per heavy atom. The summed E-state index contributed by atoms with van der Waals surface area (Å²) in [6, 6.07) is 7.55. The van der Waals surface area contributed by atoms with Crippen LogP contribution < -0.4 is 5.32 Å². The van der Waals surface area contributed by atoms with E-state index in [1.165, 1.54) is 4.31 Å². The first-order valence-corrected chi connectivity index (χ1v) is 10.1. The highest BCUT2D eigenvalue weighted by atomic mass is 32.2. The second-order valence-corrected chi connectivity index (χ2v) is 9.02. The second-order valence-electron chi connectivity index (χ2n) is 7.15. The summed E-state index contributed by atoms with van der Waals surface area (Å²) in [5.41, 5.74) is 1.96. The Hall–Kier alpha value is -2.19. The number of para-hydroxylation sites is 1. The molecule has 1 spiro atoms. The third-order valence-corrected chi connectivity index (χ3v) is 7.72. The van der Waals surface area contributed by atoms with Crippen molar-refractivity contribution in [2.75, 3.05) is 18.4 Å². The number of sulfonamides is 1. The van der Waals surface area contributed by atoms with Crippen molar-refractivity contribution in [2.45, 2.75) is 37.0 Å². The molecule has 7 nitrogen and oxygen atoms in total. The summed E-state index contributed by atoms with van der Waals surface area (Å²) < 4.78 is 29.7. The maximum Gasteiger partial charge on any atom is 0.246 e. The Labute approximate surface area is 153 Å². The predicted octanol–water partition coefficient (Wildman–Crippen LogP) is 1.71. The van der Waals surface area contributed by atoms with E-state index in [2.05, 4.69) is 10.4 Å². The van der Waals surface area contributed by atoms with Gasteiger partial charge >= 0.3 is 0 Å². The van der Waals surface area contributed by atoms with Crippen molar-refractivity contribution in [2.24, 2.45) is 7.05 Å². The zero-order valence-corrected chi connectivity index (χ0v) is 15.9. The average Bonchev–Trinajstić information content (AvgIpc) is 3.02. The number of aromatic nitrogens is 2. The molecular formula is C18H22N4O3S. The predicted molar refractivity (Wildman–Crippen MR) is 97.4 cm³/mol. The van der Waals surface area contributed by atoms with Crippen molar-refractivity contribution in [3.05, 3.63) is 41.2 Å². The lowest BCUT2D eigenvalue weighted by Gasteiger charge is -2.38. The molecule has 1 amide bonds. The van der Waals surface area contributed by atoms with Gasteiger partial charge in [-0.3, -0.25) is 9.48 Å². The molecule has 0 unspecified atom stereocenters. The van der Waals surface area contributed by atoms with Crippen LogP contribution in [0.25, 0.3) is 0 Å². The minimum Gasteiger partial charge on any atom is -0.325 e. The van der Waals surface area contributed by atoms with Gasteiger partial charge in [-0.1, -0.05) is 18.2 Å². The number of aryl methyl sites for hydroxylation is 2. The summed E-state index contributed by atoms with van der Waals surface area (Å²) in [5.74, 6) is -0.113. The molecule has 0 saturated carbocycles. The lowest BCUT2D eigenvalue weighted by atomic mass is 9.76. The van der Waals surface area contributed by atoms with E-state index >= 15 is 0 Å². The van der Waals surface area contributed by atoms with Crippen molar-refractivity contribution < 1.29 is 13.2 Å². The first-order valence-electron chi connectivity index (χ1n) is 8.69. The van der Waals surface area contributed by atoms with Gasteiger partial charge in [-0.15, -0.1) is 0 Å². The zero-order valence-electron chi connectivity index (χ0n) is 15.1. The molecule has 1 N–H and O–H groups in total. The maximum atomic E-state index is 13.3. The third-order valence-electron chi connectivity index (χ3n) is 5.62. The molecular weight excluding hydrogens is 352 g/mol. The second kappa shape index (κ2) is 5.65. The number of piperidine rings is 1. The van der Waals surface area contributed by atoms with Crippen LogP contribution in [0.1, 0.15) is 29.8 Å². The minimum absolute atomic E-state index is 0.113. The van der Waals surface area contributed by atoms with Crippen LogP contribution >= 0.6 is 0 Å². The first kappa shape index (κ1) is 17.2. The van der Waals surface area contributed by atoms with Gasteiger partial charge in [0.2, 0.25) is 15.9 Å². The topological polar surface area (TPSA) is 84.3 Å². The minimum atomic E-state index is -3.72. The quantitative estimate of drug-likeness (QED) is 0.867. The summed E-state index contributed by atoms with van der Waals surface area (Å²) in [6.07, 6.45) is 1.28. The van der Waals surface area contributed by atoms with Gasteiger partial charge < -0.3 is 5.32 Å². The molecule has 8 heteroatoms. The summed E-state index contributed by atoms with van der Waals surface area (Å²) in [4.78, 5) is 13.1. The number of nitrogens with one attached hydrogen (secondary N) is 1. The summed E-state index contributed by atoms with van der Waals surface area (Å²) in [7, 11) is -1.99. The SMILES string of the molecule is Cc1nn(C)c(C)c1S(=O)(=O)N1CCC[C@]2(C1)C(=O)Nc1ccccc12. The number of benzene rings is 1. The van der Waals surface area contributed by atoms with E-state index in [9.17, 15) is 13.2 Å². The van der Waals surface area contributed by atoms with Crippen molar-refractivity contribution in [1.29, 1.82) is 0 Å². The van der Waals surface area contributed by atoms with Gasteiger partial charge in [0, 0.05) is 25.8 Å². The Bertz CT molecular complexity index is 1010. The van der Waals surface area contributed by atoms with E-state index in [0.717, 1.165) is 11.3 Å². The molecule has 4 rings (SSSR count). The molecule has 2 aliphatic heterocycles. The number of amides is 1. The fraction of sp³-hybridized carbons (Fsp3) is 0.444.